The van der Waals surface area contributed by atoms with Crippen LogP contribution in [0.2, 0.25) is 0 Å². The Bertz CT molecular complexity index is 333. The summed E-state index contributed by atoms with van der Waals surface area (Å²) >= 11 is 1.52. The maximum atomic E-state index is 11.8. The number of amides is 1. The average molecular weight is 253 g/mol. The lowest BCUT2D eigenvalue weighted by Crippen LogP contribution is -2.24. The average Bonchev–Trinajstić information content (AvgIpc) is 2.74. The molecular weight excluding hydrogens is 230 g/mol. The maximum absolute atomic E-state index is 11.8. The molecule has 0 aromatic carbocycles. The Labute approximate surface area is 108 Å². The summed E-state index contributed by atoms with van der Waals surface area (Å²) < 4.78 is 0. The molecule has 0 aliphatic heterocycles. The highest BCUT2D eigenvalue weighted by molar-refractivity contribution is 7.12. The van der Waals surface area contributed by atoms with Crippen LogP contribution in [0.3, 0.4) is 0 Å². The van der Waals surface area contributed by atoms with Crippen LogP contribution in [0, 0.1) is 6.92 Å². The standard InChI is InChI=1S/C14H23NOS/c1-3-4-5-6-7-8-10-15-14(16)13-12(2)9-11-17-13/h9,11H,3-8,10H2,1-2H3,(H,15,16). The lowest BCUT2D eigenvalue weighted by atomic mass is 10.1. The summed E-state index contributed by atoms with van der Waals surface area (Å²) in [5, 5.41) is 4.96. The van der Waals surface area contributed by atoms with Crippen LogP contribution in [0.5, 0.6) is 0 Å². The zero-order valence-electron chi connectivity index (χ0n) is 10.9. The molecule has 0 atom stereocenters. The molecule has 0 saturated heterocycles. The normalized spacial score (nSPS) is 10.5. The Hall–Kier alpha value is -0.830. The Morgan fingerprint density at radius 1 is 1.24 bits per heavy atom. The molecule has 1 rings (SSSR count). The van der Waals surface area contributed by atoms with Crippen LogP contribution in [0.25, 0.3) is 0 Å². The first-order valence-corrected chi connectivity index (χ1v) is 7.46. The molecule has 17 heavy (non-hydrogen) atoms. The van der Waals surface area contributed by atoms with Gasteiger partial charge in [-0.15, -0.1) is 11.3 Å². The number of rotatable bonds is 8. The molecule has 1 amide bonds. The van der Waals surface area contributed by atoms with Crippen molar-refractivity contribution in [3.05, 3.63) is 21.9 Å². The molecular formula is C14H23NOS. The molecule has 3 heteroatoms. The second-order valence-electron chi connectivity index (χ2n) is 4.46. The maximum Gasteiger partial charge on any atom is 0.261 e. The van der Waals surface area contributed by atoms with Crippen LogP contribution in [0.4, 0.5) is 0 Å². The van der Waals surface area contributed by atoms with Gasteiger partial charge >= 0.3 is 0 Å². The van der Waals surface area contributed by atoms with E-state index in [1.807, 2.05) is 18.4 Å². The second kappa shape index (κ2) is 8.29. The fourth-order valence-corrected chi connectivity index (χ4v) is 2.63. The van der Waals surface area contributed by atoms with Crippen molar-refractivity contribution in [2.75, 3.05) is 6.54 Å². The molecule has 0 unspecified atom stereocenters. The van der Waals surface area contributed by atoms with Crippen molar-refractivity contribution in [1.82, 2.24) is 5.32 Å². The molecule has 1 N–H and O–H groups in total. The minimum atomic E-state index is 0.0889. The molecule has 1 aromatic heterocycles. The third kappa shape index (κ3) is 5.35. The highest BCUT2D eigenvalue weighted by atomic mass is 32.1. The number of carbonyl (C=O) groups excluding carboxylic acids is 1. The molecule has 0 saturated carbocycles. The second-order valence-corrected chi connectivity index (χ2v) is 5.37. The molecule has 1 aromatic rings. The number of hydrogen-bond donors (Lipinski definition) is 1. The Kier molecular flexibility index (Phi) is 6.94. The van der Waals surface area contributed by atoms with Crippen molar-refractivity contribution in [2.45, 2.75) is 52.4 Å². The van der Waals surface area contributed by atoms with E-state index in [4.69, 9.17) is 0 Å². The lowest BCUT2D eigenvalue weighted by molar-refractivity contribution is 0.0956. The van der Waals surface area contributed by atoms with E-state index in [0.29, 0.717) is 0 Å². The largest absolute Gasteiger partial charge is 0.351 e. The Morgan fingerprint density at radius 2 is 1.94 bits per heavy atom. The fourth-order valence-electron chi connectivity index (χ4n) is 1.79. The van der Waals surface area contributed by atoms with Gasteiger partial charge in [0.15, 0.2) is 0 Å². The van der Waals surface area contributed by atoms with Gasteiger partial charge in [0.25, 0.3) is 5.91 Å². The fraction of sp³-hybridized carbons (Fsp3) is 0.643. The molecule has 0 fully saturated rings. The van der Waals surface area contributed by atoms with Crippen LogP contribution in [-0.2, 0) is 0 Å². The first-order chi connectivity index (χ1) is 8.25. The SMILES string of the molecule is CCCCCCCCNC(=O)c1sccc1C. The van der Waals surface area contributed by atoms with Gasteiger partial charge in [-0.05, 0) is 30.4 Å². The van der Waals surface area contributed by atoms with Crippen LogP contribution in [-0.4, -0.2) is 12.5 Å². The predicted molar refractivity (Wildman–Crippen MR) is 74.8 cm³/mol. The van der Waals surface area contributed by atoms with Gasteiger partial charge in [-0.2, -0.15) is 0 Å². The molecule has 1 heterocycles. The zero-order chi connectivity index (χ0) is 12.5. The molecule has 0 bridgehead atoms. The Balaban J connectivity index is 2.07. The van der Waals surface area contributed by atoms with Crippen molar-refractivity contribution >= 4 is 17.2 Å². The van der Waals surface area contributed by atoms with Gasteiger partial charge in [0.1, 0.15) is 0 Å². The molecule has 0 radical (unpaired) electrons. The van der Waals surface area contributed by atoms with E-state index < -0.39 is 0 Å². The quantitative estimate of drug-likeness (QED) is 0.693. The van der Waals surface area contributed by atoms with E-state index in [-0.39, 0.29) is 5.91 Å². The summed E-state index contributed by atoms with van der Waals surface area (Å²) in [5.41, 5.74) is 1.08. The van der Waals surface area contributed by atoms with Gasteiger partial charge in [-0.3, -0.25) is 4.79 Å². The third-order valence-electron chi connectivity index (χ3n) is 2.88. The lowest BCUT2D eigenvalue weighted by Gasteiger charge is -2.04. The summed E-state index contributed by atoms with van der Waals surface area (Å²) in [6.45, 7) is 5.02. The van der Waals surface area contributed by atoms with Gasteiger partial charge in [0.2, 0.25) is 0 Å². The number of nitrogens with one attached hydrogen (secondary N) is 1. The van der Waals surface area contributed by atoms with Gasteiger partial charge in [-0.1, -0.05) is 39.0 Å². The third-order valence-corrected chi connectivity index (χ3v) is 3.90. The molecule has 0 spiro atoms. The minimum absolute atomic E-state index is 0.0889. The van der Waals surface area contributed by atoms with Crippen LogP contribution >= 0.6 is 11.3 Å². The monoisotopic (exact) mass is 253 g/mol. The number of unbranched alkanes of at least 4 members (excludes halogenated alkanes) is 5. The number of carbonyl (C=O) groups is 1. The van der Waals surface area contributed by atoms with Crippen molar-refractivity contribution < 1.29 is 4.79 Å². The first kappa shape index (κ1) is 14.2. The number of thiophene rings is 1. The van der Waals surface area contributed by atoms with Gasteiger partial charge in [0.05, 0.1) is 4.88 Å². The summed E-state index contributed by atoms with van der Waals surface area (Å²) in [6, 6.07) is 1.99. The van der Waals surface area contributed by atoms with Crippen molar-refractivity contribution in [2.24, 2.45) is 0 Å². The van der Waals surface area contributed by atoms with Crippen molar-refractivity contribution in [3.8, 4) is 0 Å². The van der Waals surface area contributed by atoms with Crippen LogP contribution < -0.4 is 5.32 Å². The molecule has 96 valence electrons. The molecule has 0 aliphatic carbocycles. The van der Waals surface area contributed by atoms with E-state index in [0.717, 1.165) is 23.4 Å². The van der Waals surface area contributed by atoms with E-state index in [1.165, 1.54) is 43.4 Å². The molecule has 2 nitrogen and oxygen atoms in total. The van der Waals surface area contributed by atoms with Gasteiger partial charge in [-0.25, -0.2) is 0 Å². The summed E-state index contributed by atoms with van der Waals surface area (Å²) in [4.78, 5) is 12.6. The van der Waals surface area contributed by atoms with Crippen molar-refractivity contribution in [1.29, 1.82) is 0 Å². The van der Waals surface area contributed by atoms with Crippen LogP contribution in [0.15, 0.2) is 11.4 Å². The summed E-state index contributed by atoms with van der Waals surface area (Å²) in [6.07, 6.45) is 7.56. The van der Waals surface area contributed by atoms with Gasteiger partial charge < -0.3 is 5.32 Å². The van der Waals surface area contributed by atoms with E-state index >= 15 is 0 Å². The first-order valence-electron chi connectivity index (χ1n) is 6.58. The predicted octanol–water partition coefficient (Wildman–Crippen LogP) is 4.15. The topological polar surface area (TPSA) is 29.1 Å². The number of hydrogen-bond acceptors (Lipinski definition) is 2. The summed E-state index contributed by atoms with van der Waals surface area (Å²) in [7, 11) is 0. The van der Waals surface area contributed by atoms with E-state index in [1.54, 1.807) is 0 Å². The van der Waals surface area contributed by atoms with E-state index in [2.05, 4.69) is 12.2 Å². The smallest absolute Gasteiger partial charge is 0.261 e. The summed E-state index contributed by atoms with van der Waals surface area (Å²) in [5.74, 6) is 0.0889. The highest BCUT2D eigenvalue weighted by Crippen LogP contribution is 2.15. The zero-order valence-corrected chi connectivity index (χ0v) is 11.7. The minimum Gasteiger partial charge on any atom is -0.351 e. The Morgan fingerprint density at radius 3 is 2.59 bits per heavy atom. The van der Waals surface area contributed by atoms with E-state index in [9.17, 15) is 4.79 Å². The molecule has 0 aliphatic rings. The number of aryl methyl sites for hydroxylation is 1. The van der Waals surface area contributed by atoms with Crippen molar-refractivity contribution in [3.63, 3.8) is 0 Å². The van der Waals surface area contributed by atoms with Gasteiger partial charge in [0, 0.05) is 6.54 Å². The van der Waals surface area contributed by atoms with Crippen LogP contribution in [0.1, 0.15) is 60.7 Å². The highest BCUT2D eigenvalue weighted by Gasteiger charge is 2.08.